The summed E-state index contributed by atoms with van der Waals surface area (Å²) in [6, 6.07) is 6.79. The smallest absolute Gasteiger partial charge is 0.251 e. The van der Waals surface area contributed by atoms with Crippen LogP contribution >= 0.6 is 11.8 Å². The number of nitrogens with zero attached hydrogens (tertiary/aromatic N) is 3. The van der Waals surface area contributed by atoms with Crippen LogP contribution in [0.5, 0.6) is 0 Å². The van der Waals surface area contributed by atoms with E-state index in [-0.39, 0.29) is 5.56 Å². The summed E-state index contributed by atoms with van der Waals surface area (Å²) in [5.41, 5.74) is 0.811. The lowest BCUT2D eigenvalue weighted by Gasteiger charge is -2.01. The Morgan fingerprint density at radius 2 is 2.29 bits per heavy atom. The number of aromatic amines is 1. The molecule has 2 rings (SSSR count). The Hall–Kier alpha value is -2.13. The maximum Gasteiger partial charge on any atom is 0.251 e. The molecule has 0 aliphatic carbocycles. The van der Waals surface area contributed by atoms with Crippen molar-refractivity contribution in [3.05, 3.63) is 46.1 Å². The molecule has 0 saturated carbocycles. The number of nitrogens with one attached hydrogen (secondary N) is 1. The molecular weight excluding hydrogens is 236 g/mol. The number of H-pyrrole nitrogens is 1. The van der Waals surface area contributed by atoms with Crippen LogP contribution in [-0.2, 0) is 0 Å². The minimum Gasteiger partial charge on any atom is -0.301 e. The second-order valence-corrected chi connectivity index (χ2v) is 4.34. The highest BCUT2D eigenvalue weighted by Gasteiger charge is 2.02. The van der Waals surface area contributed by atoms with Gasteiger partial charge in [-0.15, -0.1) is 0 Å². The van der Waals surface area contributed by atoms with Crippen LogP contribution in [0, 0.1) is 18.3 Å². The van der Waals surface area contributed by atoms with E-state index in [1.165, 1.54) is 17.8 Å². The van der Waals surface area contributed by atoms with Gasteiger partial charge in [-0.2, -0.15) is 5.26 Å². The molecule has 84 valence electrons. The highest BCUT2D eigenvalue weighted by Crippen LogP contribution is 2.23. The summed E-state index contributed by atoms with van der Waals surface area (Å²) in [5.74, 6) is 0. The van der Waals surface area contributed by atoms with Crippen LogP contribution in [0.1, 0.15) is 11.4 Å². The minimum atomic E-state index is -0.186. The molecule has 0 amide bonds. The summed E-state index contributed by atoms with van der Waals surface area (Å²) in [7, 11) is 0. The molecule has 0 unspecified atom stereocenters. The van der Waals surface area contributed by atoms with Gasteiger partial charge in [-0.25, -0.2) is 9.97 Å². The van der Waals surface area contributed by atoms with E-state index in [2.05, 4.69) is 15.0 Å². The summed E-state index contributed by atoms with van der Waals surface area (Å²) in [6.45, 7) is 1.76. The molecule has 2 aromatic rings. The average Bonchev–Trinajstić information content (AvgIpc) is 2.28. The van der Waals surface area contributed by atoms with Gasteiger partial charge in [0.25, 0.3) is 5.56 Å². The highest BCUT2D eigenvalue weighted by atomic mass is 32.2. The molecule has 0 bridgehead atoms. The Kier molecular flexibility index (Phi) is 3.21. The number of hydrogen-bond donors (Lipinski definition) is 1. The number of aryl methyl sites for hydroxylation is 1. The van der Waals surface area contributed by atoms with Crippen molar-refractivity contribution >= 4 is 11.8 Å². The van der Waals surface area contributed by atoms with Crippen LogP contribution in [0.3, 0.4) is 0 Å². The van der Waals surface area contributed by atoms with Crippen molar-refractivity contribution in [1.82, 2.24) is 15.0 Å². The summed E-state index contributed by atoms with van der Waals surface area (Å²) in [5, 5.41) is 9.23. The summed E-state index contributed by atoms with van der Waals surface area (Å²) < 4.78 is 0. The predicted molar refractivity (Wildman–Crippen MR) is 62.7 cm³/mol. The molecule has 0 radical (unpaired) electrons. The quantitative estimate of drug-likeness (QED) is 0.809. The maximum absolute atomic E-state index is 11.3. The summed E-state index contributed by atoms with van der Waals surface area (Å²) in [6.07, 6.45) is 1.55. The van der Waals surface area contributed by atoms with Gasteiger partial charge in [-0.3, -0.25) is 4.79 Å². The highest BCUT2D eigenvalue weighted by molar-refractivity contribution is 7.99. The number of rotatable bonds is 2. The molecule has 0 spiro atoms. The Morgan fingerprint density at radius 1 is 1.47 bits per heavy atom. The number of nitriles is 1. The van der Waals surface area contributed by atoms with Crippen LogP contribution < -0.4 is 5.56 Å². The largest absolute Gasteiger partial charge is 0.301 e. The average molecular weight is 244 g/mol. The number of aromatic nitrogens is 3. The van der Waals surface area contributed by atoms with Crippen LogP contribution in [0.2, 0.25) is 0 Å². The van der Waals surface area contributed by atoms with Crippen molar-refractivity contribution in [3.63, 3.8) is 0 Å². The van der Waals surface area contributed by atoms with Crippen LogP contribution in [0.25, 0.3) is 0 Å². The van der Waals surface area contributed by atoms with Crippen molar-refractivity contribution in [2.45, 2.75) is 17.0 Å². The van der Waals surface area contributed by atoms with Gasteiger partial charge in [0.15, 0.2) is 5.16 Å². The molecule has 0 saturated heterocycles. The first-order valence-electron chi connectivity index (χ1n) is 4.79. The molecule has 0 fully saturated rings. The standard InChI is InChI=1S/C11H8N4OS/c1-7-4-10(16)15-11(14-7)17-9-2-3-13-8(5-9)6-12/h2-5H,1H3,(H,14,15,16). The Balaban J connectivity index is 2.31. The molecule has 5 nitrogen and oxygen atoms in total. The van der Waals surface area contributed by atoms with E-state index in [0.717, 1.165) is 4.90 Å². The van der Waals surface area contributed by atoms with E-state index in [1.54, 1.807) is 25.3 Å². The SMILES string of the molecule is Cc1cc(=O)[nH]c(Sc2ccnc(C#N)c2)n1. The van der Waals surface area contributed by atoms with Gasteiger partial charge in [-0.05, 0) is 19.1 Å². The molecule has 2 aromatic heterocycles. The fourth-order valence-electron chi connectivity index (χ4n) is 1.25. The van der Waals surface area contributed by atoms with Gasteiger partial charge < -0.3 is 4.98 Å². The fraction of sp³-hybridized carbons (Fsp3) is 0.0909. The Bertz CT molecular complexity index is 644. The first kappa shape index (κ1) is 11.4. The monoisotopic (exact) mass is 244 g/mol. The van der Waals surface area contributed by atoms with Crippen LogP contribution in [-0.4, -0.2) is 15.0 Å². The summed E-state index contributed by atoms with van der Waals surface area (Å²) in [4.78, 5) is 22.7. The van der Waals surface area contributed by atoms with Gasteiger partial charge in [0.2, 0.25) is 0 Å². The van der Waals surface area contributed by atoms with Gasteiger partial charge >= 0.3 is 0 Å². The molecule has 0 atom stereocenters. The number of hydrogen-bond acceptors (Lipinski definition) is 5. The molecule has 1 N–H and O–H groups in total. The molecule has 17 heavy (non-hydrogen) atoms. The van der Waals surface area contributed by atoms with Crippen molar-refractivity contribution in [2.75, 3.05) is 0 Å². The van der Waals surface area contributed by atoms with Gasteiger partial charge in [-0.1, -0.05) is 11.8 Å². The fourth-order valence-corrected chi connectivity index (χ4v) is 2.11. The lowest BCUT2D eigenvalue weighted by Crippen LogP contribution is -2.07. The first-order valence-corrected chi connectivity index (χ1v) is 5.61. The lowest BCUT2D eigenvalue weighted by molar-refractivity contribution is 0.905. The third-order valence-corrected chi connectivity index (χ3v) is 2.78. The Labute approximate surface area is 102 Å². The minimum absolute atomic E-state index is 0.186. The van der Waals surface area contributed by atoms with Gasteiger partial charge in [0.05, 0.1) is 0 Å². The first-order chi connectivity index (χ1) is 8.17. The zero-order valence-electron chi connectivity index (χ0n) is 8.97. The van der Waals surface area contributed by atoms with Gasteiger partial charge in [0.1, 0.15) is 11.8 Å². The van der Waals surface area contributed by atoms with E-state index >= 15 is 0 Å². The van der Waals surface area contributed by atoms with Gasteiger partial charge in [0, 0.05) is 22.9 Å². The lowest BCUT2D eigenvalue weighted by atomic mass is 10.4. The third kappa shape index (κ3) is 2.92. The molecule has 2 heterocycles. The molecule has 0 aromatic carbocycles. The number of pyridine rings is 1. The predicted octanol–water partition coefficient (Wildman–Crippen LogP) is 1.50. The van der Waals surface area contributed by atoms with Crippen LogP contribution in [0.15, 0.2) is 39.2 Å². The maximum atomic E-state index is 11.3. The second kappa shape index (κ2) is 4.80. The van der Waals surface area contributed by atoms with E-state index in [0.29, 0.717) is 16.5 Å². The van der Waals surface area contributed by atoms with E-state index in [4.69, 9.17) is 5.26 Å². The van der Waals surface area contributed by atoms with Crippen molar-refractivity contribution in [3.8, 4) is 6.07 Å². The zero-order chi connectivity index (χ0) is 12.3. The Morgan fingerprint density at radius 3 is 3.00 bits per heavy atom. The second-order valence-electron chi connectivity index (χ2n) is 3.28. The van der Waals surface area contributed by atoms with E-state index in [1.807, 2.05) is 6.07 Å². The normalized spacial score (nSPS) is 9.88. The van der Waals surface area contributed by atoms with Crippen molar-refractivity contribution in [1.29, 1.82) is 5.26 Å². The summed E-state index contributed by atoms with van der Waals surface area (Å²) >= 11 is 1.29. The third-order valence-electron chi connectivity index (χ3n) is 1.91. The molecule has 0 aliphatic rings. The van der Waals surface area contributed by atoms with Crippen LogP contribution in [0.4, 0.5) is 0 Å². The van der Waals surface area contributed by atoms with Crippen molar-refractivity contribution in [2.24, 2.45) is 0 Å². The van der Waals surface area contributed by atoms with Crippen molar-refractivity contribution < 1.29 is 0 Å². The molecule has 0 aliphatic heterocycles. The topological polar surface area (TPSA) is 82.4 Å². The molecule has 6 heteroatoms. The molecular formula is C11H8N4OS. The van der Waals surface area contributed by atoms with E-state index in [9.17, 15) is 4.79 Å². The van der Waals surface area contributed by atoms with E-state index < -0.39 is 0 Å². The zero-order valence-corrected chi connectivity index (χ0v) is 9.78.